The van der Waals surface area contributed by atoms with E-state index in [0.717, 1.165) is 4.47 Å². The number of halogens is 2. The second kappa shape index (κ2) is 9.19. The van der Waals surface area contributed by atoms with Crippen molar-refractivity contribution in [1.29, 1.82) is 0 Å². The van der Waals surface area contributed by atoms with Gasteiger partial charge < -0.3 is 14.5 Å². The number of hydrogen-bond donors (Lipinski definition) is 1. The van der Waals surface area contributed by atoms with Crippen LogP contribution in [0.15, 0.2) is 86.8 Å². The molecule has 0 fully saturated rings. The third kappa shape index (κ3) is 5.39. The molecule has 0 aliphatic rings. The smallest absolute Gasteiger partial charge is 0.291 e. The molecule has 2 heterocycles. The van der Waals surface area contributed by atoms with Crippen LogP contribution in [0, 0.1) is 0 Å². The number of aromatic nitrogens is 2. The van der Waals surface area contributed by atoms with Gasteiger partial charge in [-0.3, -0.25) is 9.48 Å². The molecular formula is C21H15BrClN4O4S-. The lowest BCUT2D eigenvalue weighted by Crippen LogP contribution is -2.11. The Morgan fingerprint density at radius 3 is 2.47 bits per heavy atom. The summed E-state index contributed by atoms with van der Waals surface area (Å²) in [5.41, 5.74) is 0.678. The molecule has 0 saturated heterocycles. The third-order valence-electron chi connectivity index (χ3n) is 4.27. The molecule has 1 amide bonds. The Bertz CT molecular complexity index is 1350. The minimum absolute atomic E-state index is 0.00360. The minimum Gasteiger partial charge on any atom is -0.573 e. The molecule has 0 unspecified atom stereocenters. The lowest BCUT2D eigenvalue weighted by molar-refractivity contribution is 0.0994. The zero-order valence-corrected chi connectivity index (χ0v) is 19.4. The van der Waals surface area contributed by atoms with Gasteiger partial charge in [-0.05, 0) is 64.5 Å². The van der Waals surface area contributed by atoms with E-state index in [1.165, 1.54) is 36.4 Å². The molecule has 4 aromatic rings. The molecule has 1 N–H and O–H groups in total. The molecule has 2 aromatic carbocycles. The van der Waals surface area contributed by atoms with Crippen molar-refractivity contribution in [2.24, 2.45) is 0 Å². The minimum atomic E-state index is -3.91. The van der Waals surface area contributed by atoms with Gasteiger partial charge in [-0.15, -0.1) is 5.69 Å². The van der Waals surface area contributed by atoms with Crippen molar-refractivity contribution >= 4 is 54.8 Å². The highest BCUT2D eigenvalue weighted by Gasteiger charge is 2.13. The Kier molecular flexibility index (Phi) is 6.35. The highest BCUT2D eigenvalue weighted by Crippen LogP contribution is 2.29. The van der Waals surface area contributed by atoms with E-state index in [-0.39, 0.29) is 16.3 Å². The van der Waals surface area contributed by atoms with Gasteiger partial charge in [0.2, 0.25) is 0 Å². The molecule has 0 atom stereocenters. The van der Waals surface area contributed by atoms with E-state index < -0.39 is 15.9 Å². The van der Waals surface area contributed by atoms with E-state index in [2.05, 4.69) is 31.1 Å². The van der Waals surface area contributed by atoms with Gasteiger partial charge in [0.05, 0.1) is 22.1 Å². The molecule has 32 heavy (non-hydrogen) atoms. The molecule has 2 aromatic heterocycles. The number of furan rings is 1. The number of amides is 1. The monoisotopic (exact) mass is 533 g/mol. The first-order valence-electron chi connectivity index (χ1n) is 9.20. The lowest BCUT2D eigenvalue weighted by Gasteiger charge is -2.22. The predicted octanol–water partition coefficient (Wildman–Crippen LogP) is 5.59. The summed E-state index contributed by atoms with van der Waals surface area (Å²) in [5, 5.41) is 7.29. The van der Waals surface area contributed by atoms with E-state index in [1.807, 2.05) is 0 Å². The molecule has 164 valence electrons. The molecule has 0 aliphatic carbocycles. The fraction of sp³-hybridized carbons (Fsp3) is 0.0476. The van der Waals surface area contributed by atoms with E-state index in [9.17, 15) is 13.2 Å². The Morgan fingerprint density at radius 2 is 1.81 bits per heavy atom. The van der Waals surface area contributed by atoms with Crippen molar-refractivity contribution in [3.8, 4) is 0 Å². The molecule has 0 bridgehead atoms. The Balaban J connectivity index is 1.40. The first kappa shape index (κ1) is 22.1. The van der Waals surface area contributed by atoms with Crippen LogP contribution < -0.4 is 5.32 Å². The Hall–Kier alpha value is -3.08. The largest absolute Gasteiger partial charge is 0.573 e. The first-order valence-corrected chi connectivity index (χ1v) is 11.8. The van der Waals surface area contributed by atoms with Crippen LogP contribution in [0.2, 0.25) is 5.02 Å². The Labute approximate surface area is 197 Å². The van der Waals surface area contributed by atoms with Crippen molar-refractivity contribution in [2.45, 2.75) is 11.4 Å². The highest BCUT2D eigenvalue weighted by molar-refractivity contribution is 9.10. The number of anilines is 1. The van der Waals surface area contributed by atoms with Gasteiger partial charge >= 0.3 is 0 Å². The van der Waals surface area contributed by atoms with Gasteiger partial charge in [0, 0.05) is 16.9 Å². The van der Waals surface area contributed by atoms with Gasteiger partial charge in [0.25, 0.3) is 5.91 Å². The topological polar surface area (TPSA) is 108 Å². The average Bonchev–Trinajstić information content (AvgIpc) is 3.39. The van der Waals surface area contributed by atoms with Crippen LogP contribution in [0.4, 0.5) is 11.4 Å². The lowest BCUT2D eigenvalue weighted by atomic mass is 10.3. The van der Waals surface area contributed by atoms with Crippen LogP contribution in [-0.4, -0.2) is 24.1 Å². The zero-order chi connectivity index (χ0) is 22.7. The molecule has 4 rings (SSSR count). The maximum Gasteiger partial charge on any atom is 0.291 e. The summed E-state index contributed by atoms with van der Waals surface area (Å²) in [7, 11) is -3.91. The summed E-state index contributed by atoms with van der Waals surface area (Å²) in [6.07, 6.45) is 3.44. The molecule has 0 aliphatic heterocycles. The number of benzene rings is 2. The van der Waals surface area contributed by atoms with Gasteiger partial charge in [0.1, 0.15) is 15.8 Å². The number of rotatable bonds is 7. The molecule has 0 spiro atoms. The summed E-state index contributed by atoms with van der Waals surface area (Å²) >= 11 is 9.12. The predicted molar refractivity (Wildman–Crippen MR) is 124 cm³/mol. The number of nitrogens with one attached hydrogen (secondary N) is 1. The van der Waals surface area contributed by atoms with Crippen LogP contribution in [0.5, 0.6) is 0 Å². The maximum atomic E-state index is 12.5. The summed E-state index contributed by atoms with van der Waals surface area (Å²) in [6.45, 7) is 0.378. The van der Waals surface area contributed by atoms with Crippen LogP contribution in [0.3, 0.4) is 0 Å². The summed E-state index contributed by atoms with van der Waals surface area (Å²) in [5.74, 6) is 0.232. The van der Waals surface area contributed by atoms with Crippen molar-refractivity contribution < 1.29 is 17.6 Å². The van der Waals surface area contributed by atoms with E-state index in [4.69, 9.17) is 16.0 Å². The SMILES string of the molecule is O=C(Nc1ccc(S(=O)(=O)[N-]c2ccc(Cl)cc2)cc1)c1ccc(Cn2cc(Br)cn2)o1. The fourth-order valence-corrected chi connectivity index (χ4v) is 4.20. The van der Waals surface area contributed by atoms with Crippen LogP contribution in [0.25, 0.3) is 4.72 Å². The second-order valence-corrected chi connectivity index (χ2v) is 9.60. The third-order valence-corrected chi connectivity index (χ3v) is 6.25. The molecule has 0 radical (unpaired) electrons. The van der Waals surface area contributed by atoms with Crippen LogP contribution in [0.1, 0.15) is 16.3 Å². The van der Waals surface area contributed by atoms with Crippen LogP contribution >= 0.6 is 27.5 Å². The Morgan fingerprint density at radius 1 is 1.09 bits per heavy atom. The van der Waals surface area contributed by atoms with Crippen molar-refractivity contribution in [3.63, 3.8) is 0 Å². The van der Waals surface area contributed by atoms with Gasteiger partial charge in [-0.25, -0.2) is 8.42 Å². The highest BCUT2D eigenvalue weighted by atomic mass is 79.9. The van der Waals surface area contributed by atoms with Crippen LogP contribution in [-0.2, 0) is 16.6 Å². The standard InChI is InChI=1S/C21H15BrClN4O4S/c22-14-11-24-27(12-14)13-18-7-10-20(31-18)21(28)25-16-5-8-19(9-6-16)32(29,30)26-17-3-1-15(23)2-4-17/h1-12H,13H2,(H,25,28)/q-1. The summed E-state index contributed by atoms with van der Waals surface area (Å²) in [4.78, 5) is 12.4. The maximum absolute atomic E-state index is 12.5. The number of hydrogen-bond acceptors (Lipinski definition) is 5. The van der Waals surface area contributed by atoms with E-state index >= 15 is 0 Å². The van der Waals surface area contributed by atoms with E-state index in [0.29, 0.717) is 23.0 Å². The number of sulfonamides is 1. The van der Waals surface area contributed by atoms with Gasteiger partial charge in [-0.2, -0.15) is 5.10 Å². The fourth-order valence-electron chi connectivity index (χ4n) is 2.77. The average molecular weight is 535 g/mol. The molecule has 0 saturated carbocycles. The van der Waals surface area contributed by atoms with Crippen molar-refractivity contribution in [1.82, 2.24) is 9.78 Å². The number of carbonyl (C=O) groups excluding carboxylic acids is 1. The van der Waals surface area contributed by atoms with Crippen molar-refractivity contribution in [3.05, 3.63) is 98.8 Å². The number of carbonyl (C=O) groups is 1. The first-order chi connectivity index (χ1) is 15.3. The summed E-state index contributed by atoms with van der Waals surface area (Å²) < 4.78 is 36.8. The zero-order valence-electron chi connectivity index (χ0n) is 16.3. The quantitative estimate of drug-likeness (QED) is 0.333. The summed E-state index contributed by atoms with van der Waals surface area (Å²) in [6, 6.07) is 15.1. The van der Waals surface area contributed by atoms with Gasteiger partial charge in [-0.1, -0.05) is 23.7 Å². The van der Waals surface area contributed by atoms with Crippen molar-refractivity contribution in [2.75, 3.05) is 5.32 Å². The molecule has 8 nitrogen and oxygen atoms in total. The van der Waals surface area contributed by atoms with Gasteiger partial charge in [0.15, 0.2) is 5.76 Å². The van der Waals surface area contributed by atoms with E-state index in [1.54, 1.807) is 41.3 Å². The molecular weight excluding hydrogens is 520 g/mol. The molecule has 11 heteroatoms. The second-order valence-electron chi connectivity index (χ2n) is 6.64. The number of nitrogens with zero attached hydrogens (tertiary/aromatic N) is 3. The normalized spacial score (nSPS) is 11.3.